The number of likely N-dealkylation sites (tertiary alicyclic amines) is 1. The Bertz CT molecular complexity index is 461. The Hall–Kier alpha value is -1.32. The minimum absolute atomic E-state index is 0. The zero-order valence-corrected chi connectivity index (χ0v) is 14.5. The predicted octanol–water partition coefficient (Wildman–Crippen LogP) is 0.690. The van der Waals surface area contributed by atoms with Gasteiger partial charge < -0.3 is 16.0 Å². The van der Waals surface area contributed by atoms with Gasteiger partial charge in [0.2, 0.25) is 5.91 Å². The van der Waals surface area contributed by atoms with Crippen LogP contribution in [0.4, 0.5) is 0 Å². The molecule has 2 rings (SSSR count). The van der Waals surface area contributed by atoms with Crippen LogP contribution < -0.4 is 11.1 Å². The molecule has 2 heterocycles. The van der Waals surface area contributed by atoms with E-state index in [-0.39, 0.29) is 29.9 Å². The second-order valence-corrected chi connectivity index (χ2v) is 5.11. The molecular formula is C13H23IN6O. The molecule has 4 N–H and O–H groups in total. The molecule has 1 aromatic rings. The second-order valence-electron chi connectivity index (χ2n) is 5.11. The maximum Gasteiger partial charge on any atom is 0.217 e. The molecule has 7 nitrogen and oxygen atoms in total. The number of hydrogen-bond acceptors (Lipinski definition) is 3. The van der Waals surface area contributed by atoms with Crippen LogP contribution in [-0.2, 0) is 11.3 Å². The summed E-state index contributed by atoms with van der Waals surface area (Å²) in [5.74, 6) is 0.956. The number of amides is 1. The van der Waals surface area contributed by atoms with E-state index in [0.29, 0.717) is 18.9 Å². The third kappa shape index (κ3) is 5.52. The lowest BCUT2D eigenvalue weighted by atomic mass is 9.95. The van der Waals surface area contributed by atoms with Crippen LogP contribution in [0.2, 0.25) is 0 Å². The van der Waals surface area contributed by atoms with Crippen molar-refractivity contribution < 1.29 is 4.79 Å². The van der Waals surface area contributed by atoms with E-state index in [1.165, 1.54) is 0 Å². The molecule has 1 saturated heterocycles. The minimum Gasteiger partial charge on any atom is -0.370 e. The minimum atomic E-state index is -0.225. The number of nitrogens with one attached hydrogen (secondary N) is 2. The summed E-state index contributed by atoms with van der Waals surface area (Å²) in [6.07, 6.45) is 4.29. The van der Waals surface area contributed by atoms with E-state index in [0.717, 1.165) is 37.6 Å². The van der Waals surface area contributed by atoms with Crippen molar-refractivity contribution in [3.63, 3.8) is 0 Å². The second kappa shape index (κ2) is 8.85. The van der Waals surface area contributed by atoms with Crippen molar-refractivity contribution in [2.45, 2.75) is 25.8 Å². The smallest absolute Gasteiger partial charge is 0.217 e. The summed E-state index contributed by atoms with van der Waals surface area (Å²) in [6, 6.07) is 1.92. The van der Waals surface area contributed by atoms with Crippen LogP contribution in [0, 0.1) is 5.92 Å². The van der Waals surface area contributed by atoms with E-state index < -0.39 is 0 Å². The number of rotatable bonds is 4. The van der Waals surface area contributed by atoms with Crippen LogP contribution in [0.1, 0.15) is 25.0 Å². The number of piperidine rings is 1. The number of carbonyl (C=O) groups excluding carboxylic acids is 1. The Kier molecular flexibility index (Phi) is 7.48. The number of guanidine groups is 1. The van der Waals surface area contributed by atoms with E-state index >= 15 is 0 Å². The highest BCUT2D eigenvalue weighted by atomic mass is 127. The molecule has 0 radical (unpaired) electrons. The maximum atomic E-state index is 11.0. The van der Waals surface area contributed by atoms with Gasteiger partial charge in [0.1, 0.15) is 0 Å². The van der Waals surface area contributed by atoms with Gasteiger partial charge in [0.05, 0.1) is 12.2 Å². The fourth-order valence-corrected chi connectivity index (χ4v) is 2.60. The molecule has 1 atom stereocenters. The van der Waals surface area contributed by atoms with Crippen molar-refractivity contribution in [3.05, 3.63) is 18.0 Å². The average Bonchev–Trinajstić information content (AvgIpc) is 2.92. The molecule has 8 heteroatoms. The van der Waals surface area contributed by atoms with Crippen molar-refractivity contribution in [3.8, 4) is 0 Å². The molecule has 21 heavy (non-hydrogen) atoms. The van der Waals surface area contributed by atoms with Gasteiger partial charge in [-0.15, -0.1) is 24.0 Å². The summed E-state index contributed by atoms with van der Waals surface area (Å²) >= 11 is 0. The van der Waals surface area contributed by atoms with Crippen LogP contribution in [0.5, 0.6) is 0 Å². The summed E-state index contributed by atoms with van der Waals surface area (Å²) in [6.45, 7) is 2.44. The number of nitrogens with two attached hydrogens (primary N) is 1. The maximum absolute atomic E-state index is 11.0. The summed E-state index contributed by atoms with van der Waals surface area (Å²) < 4.78 is 0. The van der Waals surface area contributed by atoms with Crippen molar-refractivity contribution >= 4 is 35.8 Å². The van der Waals surface area contributed by atoms with E-state index in [2.05, 4.69) is 25.4 Å². The van der Waals surface area contributed by atoms with Gasteiger partial charge in [0, 0.05) is 32.8 Å². The molecular weight excluding hydrogens is 383 g/mol. The highest BCUT2D eigenvalue weighted by Crippen LogP contribution is 2.19. The fraction of sp³-hybridized carbons (Fsp3) is 0.615. The van der Waals surface area contributed by atoms with Gasteiger partial charge in [-0.3, -0.25) is 14.9 Å². The largest absolute Gasteiger partial charge is 0.370 e. The van der Waals surface area contributed by atoms with E-state index in [9.17, 15) is 4.79 Å². The molecule has 0 saturated carbocycles. The van der Waals surface area contributed by atoms with Gasteiger partial charge >= 0.3 is 0 Å². The average molecular weight is 406 g/mol. The SMILES string of the molecule is CN=C(NCc1ccn[nH]1)N1CCCC(CC(N)=O)C1.I. The number of nitrogens with zero attached hydrogens (tertiary/aromatic N) is 3. The number of aliphatic imine (C=N–C) groups is 1. The van der Waals surface area contributed by atoms with Gasteiger partial charge in [-0.25, -0.2) is 0 Å². The van der Waals surface area contributed by atoms with Gasteiger partial charge in [0.15, 0.2) is 5.96 Å². The van der Waals surface area contributed by atoms with Gasteiger partial charge in [0.25, 0.3) is 0 Å². The monoisotopic (exact) mass is 406 g/mol. The highest BCUT2D eigenvalue weighted by Gasteiger charge is 2.23. The molecule has 1 unspecified atom stereocenters. The zero-order chi connectivity index (χ0) is 14.4. The first-order chi connectivity index (χ1) is 9.69. The first-order valence-corrected chi connectivity index (χ1v) is 6.91. The van der Waals surface area contributed by atoms with Crippen molar-refractivity contribution in [2.24, 2.45) is 16.6 Å². The van der Waals surface area contributed by atoms with E-state index in [4.69, 9.17) is 5.73 Å². The summed E-state index contributed by atoms with van der Waals surface area (Å²) in [7, 11) is 1.77. The summed E-state index contributed by atoms with van der Waals surface area (Å²) in [5, 5.41) is 10.1. The molecule has 1 amide bonds. The molecule has 0 bridgehead atoms. The molecule has 1 aromatic heterocycles. The van der Waals surface area contributed by atoms with E-state index in [1.807, 2.05) is 6.07 Å². The standard InChI is InChI=1S/C13H22N6O.HI/c1-15-13(16-8-11-4-5-17-18-11)19-6-2-3-10(9-19)7-12(14)20;/h4-5,10H,2-3,6-9H2,1H3,(H2,14,20)(H,15,16)(H,17,18);1H. The number of aromatic amines is 1. The molecule has 1 fully saturated rings. The van der Waals surface area contributed by atoms with Gasteiger partial charge in [-0.1, -0.05) is 0 Å². The van der Waals surface area contributed by atoms with Gasteiger partial charge in [-0.05, 0) is 24.8 Å². The Morgan fingerprint density at radius 2 is 2.48 bits per heavy atom. The van der Waals surface area contributed by atoms with Crippen LogP contribution >= 0.6 is 24.0 Å². The Morgan fingerprint density at radius 3 is 3.10 bits per heavy atom. The van der Waals surface area contributed by atoms with E-state index in [1.54, 1.807) is 13.2 Å². The van der Waals surface area contributed by atoms with Crippen LogP contribution in [0.15, 0.2) is 17.3 Å². The molecule has 0 aromatic carbocycles. The number of hydrogen-bond donors (Lipinski definition) is 3. The zero-order valence-electron chi connectivity index (χ0n) is 12.2. The number of primary amides is 1. The molecule has 1 aliphatic heterocycles. The Balaban J connectivity index is 0.00000220. The first kappa shape index (κ1) is 17.7. The highest BCUT2D eigenvalue weighted by molar-refractivity contribution is 14.0. The number of carbonyl (C=O) groups is 1. The number of aromatic nitrogens is 2. The predicted molar refractivity (Wildman–Crippen MR) is 92.3 cm³/mol. The third-order valence-electron chi connectivity index (χ3n) is 3.52. The number of H-pyrrole nitrogens is 1. The van der Waals surface area contributed by atoms with Crippen molar-refractivity contribution in [1.82, 2.24) is 20.4 Å². The molecule has 118 valence electrons. The lowest BCUT2D eigenvalue weighted by Gasteiger charge is -2.34. The Morgan fingerprint density at radius 1 is 1.67 bits per heavy atom. The first-order valence-electron chi connectivity index (χ1n) is 6.91. The fourth-order valence-electron chi connectivity index (χ4n) is 2.60. The van der Waals surface area contributed by atoms with Crippen molar-refractivity contribution in [2.75, 3.05) is 20.1 Å². The third-order valence-corrected chi connectivity index (χ3v) is 3.52. The Labute approximate surface area is 141 Å². The normalized spacial score (nSPS) is 19.0. The topological polar surface area (TPSA) is 99.4 Å². The summed E-state index contributed by atoms with van der Waals surface area (Å²) in [4.78, 5) is 17.5. The van der Waals surface area contributed by atoms with Crippen LogP contribution in [0.25, 0.3) is 0 Å². The number of halogens is 1. The summed E-state index contributed by atoms with van der Waals surface area (Å²) in [5.41, 5.74) is 6.30. The quantitative estimate of drug-likeness (QED) is 0.389. The van der Waals surface area contributed by atoms with Gasteiger partial charge in [-0.2, -0.15) is 5.10 Å². The molecule has 0 aliphatic carbocycles. The molecule has 1 aliphatic rings. The van der Waals surface area contributed by atoms with Crippen LogP contribution in [-0.4, -0.2) is 47.1 Å². The molecule has 0 spiro atoms. The lowest BCUT2D eigenvalue weighted by Crippen LogP contribution is -2.46. The van der Waals surface area contributed by atoms with Crippen molar-refractivity contribution in [1.29, 1.82) is 0 Å². The van der Waals surface area contributed by atoms with Crippen LogP contribution in [0.3, 0.4) is 0 Å². The lowest BCUT2D eigenvalue weighted by molar-refractivity contribution is -0.119.